The molecule has 0 atom stereocenters. The molecule has 0 aliphatic heterocycles. The Kier molecular flexibility index (Phi) is 2.78. The fourth-order valence-corrected chi connectivity index (χ4v) is 1.83. The van der Waals surface area contributed by atoms with E-state index in [9.17, 15) is 9.90 Å². The van der Waals surface area contributed by atoms with Gasteiger partial charge in [0.1, 0.15) is 5.75 Å². The van der Waals surface area contributed by atoms with Crippen LogP contribution in [0.5, 0.6) is 5.75 Å². The summed E-state index contributed by atoms with van der Waals surface area (Å²) in [6.45, 7) is 1.78. The lowest BCUT2D eigenvalue weighted by molar-refractivity contribution is 0.477. The summed E-state index contributed by atoms with van der Waals surface area (Å²) in [4.78, 5) is 11.0. The van der Waals surface area contributed by atoms with Gasteiger partial charge in [-0.1, -0.05) is 15.9 Å². The van der Waals surface area contributed by atoms with Gasteiger partial charge in [-0.05, 0) is 30.7 Å². The molecule has 0 aliphatic rings. The van der Waals surface area contributed by atoms with E-state index < -0.39 is 0 Å². The zero-order valence-electron chi connectivity index (χ0n) is 8.49. The Balaban J connectivity index is 2.67. The monoisotopic (exact) mass is 280 g/mol. The molecule has 1 aromatic carbocycles. The third kappa shape index (κ3) is 1.99. The maximum absolute atomic E-state index is 11.0. The van der Waals surface area contributed by atoms with Crippen LogP contribution in [-0.2, 0) is 0 Å². The molecule has 5 heteroatoms. The topological polar surface area (TPSA) is 66.0 Å². The molecule has 0 unspecified atom stereocenters. The summed E-state index contributed by atoms with van der Waals surface area (Å²) >= 11 is 3.32. The minimum absolute atomic E-state index is 0.130. The smallest absolute Gasteiger partial charge is 0.264 e. The molecule has 0 aliphatic carbocycles. The molecule has 1 heterocycles. The zero-order valence-corrected chi connectivity index (χ0v) is 10.1. The van der Waals surface area contributed by atoms with Crippen LogP contribution in [0.2, 0.25) is 0 Å². The lowest BCUT2D eigenvalue weighted by Crippen LogP contribution is -2.08. The Morgan fingerprint density at radius 1 is 1.38 bits per heavy atom. The van der Waals surface area contributed by atoms with E-state index in [0.29, 0.717) is 11.3 Å². The summed E-state index contributed by atoms with van der Waals surface area (Å²) < 4.78 is 0.840. The SMILES string of the molecule is Cc1cc(=O)[nH]nc1-c1cc(Br)ccc1O. The quantitative estimate of drug-likeness (QED) is 0.842. The number of aromatic hydroxyl groups is 1. The van der Waals surface area contributed by atoms with Gasteiger partial charge in [-0.2, -0.15) is 5.10 Å². The van der Waals surface area contributed by atoms with Crippen LogP contribution in [-0.4, -0.2) is 15.3 Å². The van der Waals surface area contributed by atoms with Gasteiger partial charge < -0.3 is 5.11 Å². The number of nitrogens with zero attached hydrogens (tertiary/aromatic N) is 1. The molecule has 16 heavy (non-hydrogen) atoms. The Bertz CT molecular complexity index is 593. The fraction of sp³-hybridized carbons (Fsp3) is 0.0909. The number of rotatable bonds is 1. The maximum Gasteiger partial charge on any atom is 0.264 e. The Labute approximate surface area is 100 Å². The fourth-order valence-electron chi connectivity index (χ4n) is 1.47. The number of H-pyrrole nitrogens is 1. The highest BCUT2D eigenvalue weighted by Crippen LogP contribution is 2.31. The molecule has 0 spiro atoms. The highest BCUT2D eigenvalue weighted by atomic mass is 79.9. The third-order valence-corrected chi connectivity index (χ3v) is 2.71. The first kappa shape index (κ1) is 10.9. The van der Waals surface area contributed by atoms with Gasteiger partial charge in [0.25, 0.3) is 5.56 Å². The standard InChI is InChI=1S/C11H9BrN2O2/c1-6-4-10(16)13-14-11(6)8-5-7(12)2-3-9(8)15/h2-5,15H,1H3,(H,13,16). The first-order chi connectivity index (χ1) is 7.58. The Hall–Kier alpha value is -1.62. The second kappa shape index (κ2) is 4.09. The van der Waals surface area contributed by atoms with Crippen LogP contribution in [0.3, 0.4) is 0 Å². The number of phenols is 1. The third-order valence-electron chi connectivity index (χ3n) is 2.21. The predicted molar refractivity (Wildman–Crippen MR) is 64.4 cm³/mol. The van der Waals surface area contributed by atoms with Crippen LogP contribution in [0.15, 0.2) is 33.5 Å². The molecule has 0 bridgehead atoms. The van der Waals surface area contributed by atoms with E-state index in [4.69, 9.17) is 0 Å². The molecule has 2 aromatic rings. The van der Waals surface area contributed by atoms with Crippen molar-refractivity contribution in [3.05, 3.63) is 44.7 Å². The Morgan fingerprint density at radius 2 is 2.12 bits per heavy atom. The maximum atomic E-state index is 11.0. The number of aromatic amines is 1. The number of hydrogen-bond acceptors (Lipinski definition) is 3. The number of halogens is 1. The lowest BCUT2D eigenvalue weighted by Gasteiger charge is -2.06. The molecule has 2 N–H and O–H groups in total. The van der Waals surface area contributed by atoms with Gasteiger partial charge in [-0.3, -0.25) is 4.79 Å². The zero-order chi connectivity index (χ0) is 11.7. The van der Waals surface area contributed by atoms with E-state index in [1.165, 1.54) is 6.07 Å². The number of benzene rings is 1. The second-order valence-electron chi connectivity index (χ2n) is 3.43. The van der Waals surface area contributed by atoms with Crippen molar-refractivity contribution in [3.63, 3.8) is 0 Å². The molecule has 2 rings (SSSR count). The van der Waals surface area contributed by atoms with E-state index in [2.05, 4.69) is 26.1 Å². The van der Waals surface area contributed by atoms with Crippen LogP contribution in [0.25, 0.3) is 11.3 Å². The van der Waals surface area contributed by atoms with Crippen LogP contribution in [0, 0.1) is 6.92 Å². The molecule has 0 saturated carbocycles. The van der Waals surface area contributed by atoms with Crippen molar-refractivity contribution in [3.8, 4) is 17.0 Å². The van der Waals surface area contributed by atoms with E-state index in [1.807, 2.05) is 0 Å². The molecular weight excluding hydrogens is 272 g/mol. The minimum atomic E-state index is -0.254. The Morgan fingerprint density at radius 3 is 2.81 bits per heavy atom. The second-order valence-corrected chi connectivity index (χ2v) is 4.34. The average Bonchev–Trinajstić information content (AvgIpc) is 2.22. The van der Waals surface area contributed by atoms with Crippen molar-refractivity contribution in [2.24, 2.45) is 0 Å². The largest absolute Gasteiger partial charge is 0.507 e. The van der Waals surface area contributed by atoms with Crippen LogP contribution >= 0.6 is 15.9 Å². The summed E-state index contributed by atoms with van der Waals surface area (Å²) in [5, 5.41) is 16.0. The van der Waals surface area contributed by atoms with E-state index in [-0.39, 0.29) is 11.3 Å². The van der Waals surface area contributed by atoms with Crippen molar-refractivity contribution in [1.29, 1.82) is 0 Å². The molecular formula is C11H9BrN2O2. The number of aromatic nitrogens is 2. The van der Waals surface area contributed by atoms with Crippen molar-refractivity contribution in [1.82, 2.24) is 10.2 Å². The van der Waals surface area contributed by atoms with Gasteiger partial charge in [0.2, 0.25) is 0 Å². The van der Waals surface area contributed by atoms with Gasteiger partial charge in [0.05, 0.1) is 5.69 Å². The van der Waals surface area contributed by atoms with Gasteiger partial charge in [-0.15, -0.1) is 0 Å². The highest BCUT2D eigenvalue weighted by molar-refractivity contribution is 9.10. The summed E-state index contributed by atoms with van der Waals surface area (Å²) in [7, 11) is 0. The molecule has 0 radical (unpaired) electrons. The van der Waals surface area contributed by atoms with Crippen LogP contribution in [0.4, 0.5) is 0 Å². The molecule has 0 saturated heterocycles. The number of aryl methyl sites for hydroxylation is 1. The number of hydrogen-bond donors (Lipinski definition) is 2. The summed E-state index contributed by atoms with van der Waals surface area (Å²) in [6.07, 6.45) is 0. The van der Waals surface area contributed by atoms with Gasteiger partial charge in [0, 0.05) is 16.1 Å². The van der Waals surface area contributed by atoms with Gasteiger partial charge in [0.15, 0.2) is 0 Å². The van der Waals surface area contributed by atoms with E-state index in [0.717, 1.165) is 10.0 Å². The highest BCUT2D eigenvalue weighted by Gasteiger charge is 2.09. The summed E-state index contributed by atoms with van der Waals surface area (Å²) in [5.41, 5.74) is 1.62. The first-order valence-electron chi connectivity index (χ1n) is 4.63. The van der Waals surface area contributed by atoms with E-state index >= 15 is 0 Å². The van der Waals surface area contributed by atoms with Crippen LogP contribution in [0.1, 0.15) is 5.56 Å². The molecule has 0 fully saturated rings. The molecule has 1 aromatic heterocycles. The van der Waals surface area contributed by atoms with Crippen molar-refractivity contribution in [2.75, 3.05) is 0 Å². The van der Waals surface area contributed by atoms with E-state index in [1.54, 1.807) is 25.1 Å². The van der Waals surface area contributed by atoms with Gasteiger partial charge >= 0.3 is 0 Å². The molecule has 82 valence electrons. The summed E-state index contributed by atoms with van der Waals surface area (Å²) in [6, 6.07) is 6.51. The average molecular weight is 281 g/mol. The summed E-state index contributed by atoms with van der Waals surface area (Å²) in [5.74, 6) is 0.130. The minimum Gasteiger partial charge on any atom is -0.507 e. The van der Waals surface area contributed by atoms with Crippen molar-refractivity contribution in [2.45, 2.75) is 6.92 Å². The van der Waals surface area contributed by atoms with Gasteiger partial charge in [-0.25, -0.2) is 5.10 Å². The normalized spacial score (nSPS) is 10.4. The molecule has 4 nitrogen and oxygen atoms in total. The number of nitrogens with one attached hydrogen (secondary N) is 1. The van der Waals surface area contributed by atoms with Crippen molar-refractivity contribution >= 4 is 15.9 Å². The first-order valence-corrected chi connectivity index (χ1v) is 5.42. The number of phenolic OH excluding ortho intramolecular Hbond substituents is 1. The predicted octanol–water partition coefficient (Wildman–Crippen LogP) is 2.21. The molecule has 0 amide bonds. The lowest BCUT2D eigenvalue weighted by atomic mass is 10.1. The van der Waals surface area contributed by atoms with Crippen molar-refractivity contribution < 1.29 is 5.11 Å². The van der Waals surface area contributed by atoms with Crippen LogP contribution < -0.4 is 5.56 Å².